The average Bonchev–Trinajstić information content (AvgIpc) is 3.07. The first-order chi connectivity index (χ1) is 11.8. The molecule has 0 bridgehead atoms. The fourth-order valence-electron chi connectivity index (χ4n) is 2.38. The van der Waals surface area contributed by atoms with Crippen LogP contribution >= 0.6 is 0 Å². The number of benzene rings is 1. The van der Waals surface area contributed by atoms with Gasteiger partial charge in [-0.25, -0.2) is 4.99 Å². The molecule has 1 heterocycles. The van der Waals surface area contributed by atoms with Crippen LogP contribution in [0.4, 0.5) is 0 Å². The molecule has 1 aromatic heterocycles. The first-order valence-corrected chi connectivity index (χ1v) is 8.29. The monoisotopic (exact) mass is 330 g/mol. The Bertz CT molecular complexity index is 652. The number of nitrogens with zero attached hydrogens (tertiary/aromatic N) is 4. The van der Waals surface area contributed by atoms with Crippen molar-refractivity contribution < 1.29 is 4.74 Å². The lowest BCUT2D eigenvalue weighted by atomic mass is 10.1. The molecule has 0 aliphatic carbocycles. The molecule has 1 aromatic carbocycles. The number of methoxy groups -OCH3 is 1. The van der Waals surface area contributed by atoms with Crippen LogP contribution in [0.25, 0.3) is 0 Å². The summed E-state index contributed by atoms with van der Waals surface area (Å²) in [6.45, 7) is 7.03. The van der Waals surface area contributed by atoms with Crippen LogP contribution in [-0.4, -0.2) is 40.9 Å². The van der Waals surface area contributed by atoms with Crippen LogP contribution in [0.5, 0.6) is 5.75 Å². The number of aryl methyl sites for hydroxylation is 1. The lowest BCUT2D eigenvalue weighted by Crippen LogP contribution is -2.38. The van der Waals surface area contributed by atoms with Gasteiger partial charge in [0.15, 0.2) is 11.8 Å². The summed E-state index contributed by atoms with van der Waals surface area (Å²) in [7, 11) is 1.70. The van der Waals surface area contributed by atoms with Crippen molar-refractivity contribution in [1.82, 2.24) is 25.4 Å². The normalized spacial score (nSPS) is 11.4. The van der Waals surface area contributed by atoms with Gasteiger partial charge in [-0.3, -0.25) is 0 Å². The highest BCUT2D eigenvalue weighted by atomic mass is 16.5. The third kappa shape index (κ3) is 4.97. The van der Waals surface area contributed by atoms with E-state index in [0.717, 1.165) is 43.6 Å². The molecule has 7 heteroatoms. The second-order valence-corrected chi connectivity index (χ2v) is 5.22. The molecule has 0 aliphatic heterocycles. The summed E-state index contributed by atoms with van der Waals surface area (Å²) >= 11 is 0. The summed E-state index contributed by atoms with van der Waals surface area (Å²) in [5, 5.41) is 14.6. The molecule has 130 valence electrons. The Morgan fingerprint density at radius 2 is 2.08 bits per heavy atom. The van der Waals surface area contributed by atoms with E-state index in [9.17, 15) is 0 Å². The number of rotatable bonds is 8. The van der Waals surface area contributed by atoms with Gasteiger partial charge in [-0.15, -0.1) is 10.2 Å². The minimum Gasteiger partial charge on any atom is -0.496 e. The Balaban J connectivity index is 1.92. The van der Waals surface area contributed by atoms with E-state index in [1.165, 1.54) is 5.56 Å². The molecule has 2 aromatic rings. The number of para-hydroxylation sites is 1. The van der Waals surface area contributed by atoms with Crippen LogP contribution in [-0.2, 0) is 19.5 Å². The zero-order valence-electron chi connectivity index (χ0n) is 14.6. The predicted octanol–water partition coefficient (Wildman–Crippen LogP) is 1.60. The maximum absolute atomic E-state index is 5.38. The van der Waals surface area contributed by atoms with Crippen molar-refractivity contribution in [2.75, 3.05) is 20.2 Å². The fraction of sp³-hybridized carbons (Fsp3) is 0.471. The van der Waals surface area contributed by atoms with E-state index in [2.05, 4.69) is 38.8 Å². The smallest absolute Gasteiger partial charge is 0.191 e. The van der Waals surface area contributed by atoms with Gasteiger partial charge in [0.25, 0.3) is 0 Å². The first kappa shape index (κ1) is 17.8. The Kier molecular flexibility index (Phi) is 7.07. The Morgan fingerprint density at radius 3 is 2.83 bits per heavy atom. The molecular weight excluding hydrogens is 304 g/mol. The molecule has 0 unspecified atom stereocenters. The zero-order valence-corrected chi connectivity index (χ0v) is 14.6. The molecule has 2 rings (SSSR count). The Labute approximate surface area is 143 Å². The second kappa shape index (κ2) is 9.54. The van der Waals surface area contributed by atoms with E-state index in [1.54, 1.807) is 13.4 Å². The van der Waals surface area contributed by atoms with E-state index >= 15 is 0 Å². The zero-order chi connectivity index (χ0) is 17.2. The number of hydrogen-bond donors (Lipinski definition) is 2. The molecule has 24 heavy (non-hydrogen) atoms. The molecule has 0 spiro atoms. The average molecular weight is 330 g/mol. The Morgan fingerprint density at radius 1 is 1.25 bits per heavy atom. The summed E-state index contributed by atoms with van der Waals surface area (Å²) in [5.41, 5.74) is 1.18. The summed E-state index contributed by atoms with van der Waals surface area (Å²) < 4.78 is 7.37. The number of ether oxygens (including phenoxy) is 1. The molecule has 0 aliphatic rings. The van der Waals surface area contributed by atoms with Crippen molar-refractivity contribution in [3.8, 4) is 5.75 Å². The second-order valence-electron chi connectivity index (χ2n) is 5.22. The number of aliphatic imine (C=N–C) groups is 1. The molecule has 7 nitrogen and oxygen atoms in total. The summed E-state index contributed by atoms with van der Waals surface area (Å²) in [6.07, 6.45) is 2.59. The van der Waals surface area contributed by atoms with E-state index in [-0.39, 0.29) is 0 Å². The van der Waals surface area contributed by atoms with Crippen molar-refractivity contribution in [3.05, 3.63) is 42.0 Å². The minimum atomic E-state index is 0.498. The third-order valence-corrected chi connectivity index (χ3v) is 3.64. The highest BCUT2D eigenvalue weighted by Crippen LogP contribution is 2.17. The van der Waals surface area contributed by atoms with Gasteiger partial charge in [0.05, 0.1) is 7.11 Å². The number of nitrogens with one attached hydrogen (secondary N) is 2. The van der Waals surface area contributed by atoms with E-state index in [0.29, 0.717) is 6.54 Å². The maximum atomic E-state index is 5.38. The van der Waals surface area contributed by atoms with Gasteiger partial charge < -0.3 is 19.9 Å². The van der Waals surface area contributed by atoms with E-state index in [4.69, 9.17) is 4.74 Å². The van der Waals surface area contributed by atoms with Gasteiger partial charge >= 0.3 is 0 Å². The number of aromatic nitrogens is 3. The van der Waals surface area contributed by atoms with Gasteiger partial charge in [0.1, 0.15) is 18.6 Å². The van der Waals surface area contributed by atoms with Crippen molar-refractivity contribution >= 4 is 5.96 Å². The molecule has 0 atom stereocenters. The lowest BCUT2D eigenvalue weighted by molar-refractivity contribution is 0.409. The molecule has 0 radical (unpaired) electrons. The van der Waals surface area contributed by atoms with Crippen LogP contribution in [0.1, 0.15) is 25.2 Å². The lowest BCUT2D eigenvalue weighted by Gasteiger charge is -2.12. The van der Waals surface area contributed by atoms with E-state index < -0.39 is 0 Å². The van der Waals surface area contributed by atoms with Crippen molar-refractivity contribution in [2.45, 2.75) is 33.4 Å². The van der Waals surface area contributed by atoms with Crippen LogP contribution < -0.4 is 15.4 Å². The number of hydrogen-bond acceptors (Lipinski definition) is 4. The van der Waals surface area contributed by atoms with Crippen LogP contribution in [0.2, 0.25) is 0 Å². The van der Waals surface area contributed by atoms with Crippen LogP contribution in [0.3, 0.4) is 0 Å². The van der Waals surface area contributed by atoms with Gasteiger partial charge in [-0.1, -0.05) is 18.2 Å². The predicted molar refractivity (Wildman–Crippen MR) is 95.2 cm³/mol. The van der Waals surface area contributed by atoms with Gasteiger partial charge in [0, 0.05) is 19.6 Å². The topological polar surface area (TPSA) is 76.4 Å². The highest BCUT2D eigenvalue weighted by Gasteiger charge is 2.04. The summed E-state index contributed by atoms with van der Waals surface area (Å²) in [5.74, 6) is 2.55. The fourth-order valence-corrected chi connectivity index (χ4v) is 2.38. The van der Waals surface area contributed by atoms with E-state index in [1.807, 2.05) is 29.7 Å². The minimum absolute atomic E-state index is 0.498. The van der Waals surface area contributed by atoms with Gasteiger partial charge in [-0.2, -0.15) is 0 Å². The third-order valence-electron chi connectivity index (χ3n) is 3.64. The van der Waals surface area contributed by atoms with Crippen LogP contribution in [0.15, 0.2) is 35.6 Å². The largest absolute Gasteiger partial charge is 0.496 e. The maximum Gasteiger partial charge on any atom is 0.191 e. The number of guanidine groups is 1. The Hall–Kier alpha value is -2.57. The molecule has 0 saturated heterocycles. The SMILES string of the molecule is CCNC(=NCc1nncn1CC)NCCc1ccccc1OC. The molecule has 0 fully saturated rings. The van der Waals surface area contributed by atoms with Crippen molar-refractivity contribution in [3.63, 3.8) is 0 Å². The standard InChI is InChI=1S/C17H26N6O/c1-4-18-17(20-12-16-22-21-13-23(16)5-2)19-11-10-14-8-6-7-9-15(14)24-3/h6-9,13H,4-5,10-12H2,1-3H3,(H2,18,19,20). The van der Waals surface area contributed by atoms with Crippen molar-refractivity contribution in [1.29, 1.82) is 0 Å². The summed E-state index contributed by atoms with van der Waals surface area (Å²) in [4.78, 5) is 4.58. The molecular formula is C17H26N6O. The summed E-state index contributed by atoms with van der Waals surface area (Å²) in [6, 6.07) is 8.06. The molecule has 2 N–H and O–H groups in total. The van der Waals surface area contributed by atoms with Crippen molar-refractivity contribution in [2.24, 2.45) is 4.99 Å². The highest BCUT2D eigenvalue weighted by molar-refractivity contribution is 5.79. The molecule has 0 saturated carbocycles. The quantitative estimate of drug-likeness (QED) is 0.568. The first-order valence-electron chi connectivity index (χ1n) is 8.29. The van der Waals surface area contributed by atoms with Gasteiger partial charge in [0.2, 0.25) is 0 Å². The van der Waals surface area contributed by atoms with Gasteiger partial charge in [-0.05, 0) is 31.9 Å². The van der Waals surface area contributed by atoms with Crippen LogP contribution in [0, 0.1) is 0 Å². The molecule has 0 amide bonds.